The van der Waals surface area contributed by atoms with Gasteiger partial charge in [0.15, 0.2) is 0 Å². The fraction of sp³-hybridized carbons (Fsp3) is 0.600. The Morgan fingerprint density at radius 2 is 1.70 bits per heavy atom. The van der Waals surface area contributed by atoms with Crippen LogP contribution in [-0.2, 0) is 16.6 Å². The Kier molecular flexibility index (Phi) is 6.17. The zero-order valence-corrected chi connectivity index (χ0v) is 13.9. The van der Waals surface area contributed by atoms with Gasteiger partial charge in [0.05, 0.1) is 4.90 Å². The molecule has 20 heavy (non-hydrogen) atoms. The second-order valence-corrected chi connectivity index (χ2v) is 6.89. The number of hydrogen-bond acceptors (Lipinski definition) is 3. The Morgan fingerprint density at radius 1 is 1.10 bits per heavy atom. The Hall–Kier alpha value is -0.910. The SMILES string of the molecule is CCC(CC)NS(=O)(=O)c1cc(CNC)c(C)cc1C. The molecule has 0 amide bonds. The van der Waals surface area contributed by atoms with Gasteiger partial charge in [-0.05, 0) is 56.5 Å². The number of hydrogen-bond donors (Lipinski definition) is 2. The minimum absolute atomic E-state index is 0.00606. The van der Waals surface area contributed by atoms with E-state index in [1.54, 1.807) is 6.07 Å². The van der Waals surface area contributed by atoms with Crippen LogP contribution in [0, 0.1) is 13.8 Å². The summed E-state index contributed by atoms with van der Waals surface area (Å²) in [6.45, 7) is 8.50. The molecule has 0 saturated carbocycles. The van der Waals surface area contributed by atoms with Gasteiger partial charge < -0.3 is 5.32 Å². The van der Waals surface area contributed by atoms with E-state index in [9.17, 15) is 8.42 Å². The first-order chi connectivity index (χ1) is 9.35. The lowest BCUT2D eigenvalue weighted by Gasteiger charge is -2.18. The highest BCUT2D eigenvalue weighted by Gasteiger charge is 2.21. The minimum Gasteiger partial charge on any atom is -0.316 e. The summed E-state index contributed by atoms with van der Waals surface area (Å²) < 4.78 is 27.8. The maximum absolute atomic E-state index is 12.5. The summed E-state index contributed by atoms with van der Waals surface area (Å²) >= 11 is 0. The molecule has 0 unspecified atom stereocenters. The smallest absolute Gasteiger partial charge is 0.241 e. The molecule has 0 heterocycles. The molecule has 0 radical (unpaired) electrons. The molecule has 0 bridgehead atoms. The van der Waals surface area contributed by atoms with Gasteiger partial charge in [-0.15, -0.1) is 0 Å². The van der Waals surface area contributed by atoms with Crippen LogP contribution in [0.2, 0.25) is 0 Å². The Bertz CT molecular complexity index is 549. The standard InChI is InChI=1S/C15H26N2O2S/c1-6-14(7-2)17-20(18,19)15-9-13(10-16-5)11(3)8-12(15)4/h8-9,14,16-17H,6-7,10H2,1-5H3. The molecular weight excluding hydrogens is 272 g/mol. The zero-order valence-electron chi connectivity index (χ0n) is 13.1. The highest BCUT2D eigenvalue weighted by molar-refractivity contribution is 7.89. The molecule has 0 aromatic heterocycles. The van der Waals surface area contributed by atoms with Gasteiger partial charge in [-0.2, -0.15) is 0 Å². The molecule has 0 aliphatic heterocycles. The zero-order chi connectivity index (χ0) is 15.3. The molecule has 0 aliphatic carbocycles. The van der Waals surface area contributed by atoms with E-state index in [0.29, 0.717) is 11.4 Å². The summed E-state index contributed by atoms with van der Waals surface area (Å²) in [4.78, 5) is 0.389. The van der Waals surface area contributed by atoms with Crippen molar-refractivity contribution in [3.63, 3.8) is 0 Å². The number of rotatable bonds is 7. The van der Waals surface area contributed by atoms with Crippen molar-refractivity contribution in [2.24, 2.45) is 0 Å². The van der Waals surface area contributed by atoms with Gasteiger partial charge in [0.2, 0.25) is 10.0 Å². The van der Waals surface area contributed by atoms with Crippen LogP contribution in [0.25, 0.3) is 0 Å². The first kappa shape index (κ1) is 17.1. The van der Waals surface area contributed by atoms with E-state index in [1.165, 1.54) is 0 Å². The van der Waals surface area contributed by atoms with E-state index in [4.69, 9.17) is 0 Å². The number of aryl methyl sites for hydroxylation is 2. The molecule has 5 heteroatoms. The molecular formula is C15H26N2O2S. The monoisotopic (exact) mass is 298 g/mol. The van der Waals surface area contributed by atoms with E-state index in [-0.39, 0.29) is 6.04 Å². The van der Waals surface area contributed by atoms with Crippen molar-refractivity contribution < 1.29 is 8.42 Å². The van der Waals surface area contributed by atoms with Crippen LogP contribution in [0.5, 0.6) is 0 Å². The van der Waals surface area contributed by atoms with E-state index >= 15 is 0 Å². The largest absolute Gasteiger partial charge is 0.316 e. The van der Waals surface area contributed by atoms with Crippen molar-refractivity contribution >= 4 is 10.0 Å². The lowest BCUT2D eigenvalue weighted by molar-refractivity contribution is 0.529. The molecule has 1 rings (SSSR count). The van der Waals surface area contributed by atoms with Crippen molar-refractivity contribution in [1.82, 2.24) is 10.0 Å². The Balaban J connectivity index is 3.20. The van der Waals surface area contributed by atoms with Crippen LogP contribution in [0.3, 0.4) is 0 Å². The average Bonchev–Trinajstić information content (AvgIpc) is 2.39. The quantitative estimate of drug-likeness (QED) is 0.813. The number of sulfonamides is 1. The van der Waals surface area contributed by atoms with Gasteiger partial charge in [-0.1, -0.05) is 19.9 Å². The maximum atomic E-state index is 12.5. The number of nitrogens with one attached hydrogen (secondary N) is 2. The van der Waals surface area contributed by atoms with Crippen molar-refractivity contribution in [3.05, 3.63) is 28.8 Å². The molecule has 0 fully saturated rings. The van der Waals surface area contributed by atoms with Gasteiger partial charge in [0.25, 0.3) is 0 Å². The fourth-order valence-electron chi connectivity index (χ4n) is 2.28. The number of benzene rings is 1. The van der Waals surface area contributed by atoms with Crippen LogP contribution in [0.15, 0.2) is 17.0 Å². The Labute approximate surface area is 123 Å². The van der Waals surface area contributed by atoms with E-state index < -0.39 is 10.0 Å². The predicted molar refractivity (Wildman–Crippen MR) is 83.4 cm³/mol. The molecule has 0 aliphatic rings. The van der Waals surface area contributed by atoms with Crippen LogP contribution in [0.1, 0.15) is 43.4 Å². The second-order valence-electron chi connectivity index (χ2n) is 5.21. The maximum Gasteiger partial charge on any atom is 0.241 e. The first-order valence-electron chi connectivity index (χ1n) is 7.12. The van der Waals surface area contributed by atoms with E-state index in [2.05, 4.69) is 10.0 Å². The molecule has 0 saturated heterocycles. The predicted octanol–water partition coefficient (Wildman–Crippen LogP) is 2.49. The van der Waals surface area contributed by atoms with Crippen molar-refractivity contribution in [1.29, 1.82) is 0 Å². The molecule has 0 spiro atoms. The highest BCUT2D eigenvalue weighted by atomic mass is 32.2. The topological polar surface area (TPSA) is 58.2 Å². The van der Waals surface area contributed by atoms with Crippen molar-refractivity contribution in [3.8, 4) is 0 Å². The molecule has 114 valence electrons. The normalized spacial score (nSPS) is 12.1. The second kappa shape index (κ2) is 7.20. The lowest BCUT2D eigenvalue weighted by atomic mass is 10.1. The molecule has 2 N–H and O–H groups in total. The highest BCUT2D eigenvalue weighted by Crippen LogP contribution is 2.21. The van der Waals surface area contributed by atoms with Crippen molar-refractivity contribution in [2.75, 3.05) is 7.05 Å². The minimum atomic E-state index is -3.45. The van der Waals surface area contributed by atoms with Crippen LogP contribution < -0.4 is 10.0 Å². The third kappa shape index (κ3) is 4.04. The molecule has 1 aromatic carbocycles. The van der Waals surface area contributed by atoms with Gasteiger partial charge in [0.1, 0.15) is 0 Å². The van der Waals surface area contributed by atoms with Crippen LogP contribution in [0.4, 0.5) is 0 Å². The van der Waals surface area contributed by atoms with Crippen LogP contribution >= 0.6 is 0 Å². The lowest BCUT2D eigenvalue weighted by Crippen LogP contribution is -2.34. The third-order valence-corrected chi connectivity index (χ3v) is 5.26. The fourth-order valence-corrected chi connectivity index (χ4v) is 3.96. The summed E-state index contributed by atoms with van der Waals surface area (Å²) in [6, 6.07) is 3.72. The molecule has 4 nitrogen and oxygen atoms in total. The van der Waals surface area contributed by atoms with Crippen molar-refractivity contribution in [2.45, 2.75) is 58.0 Å². The summed E-state index contributed by atoms with van der Waals surface area (Å²) in [5.74, 6) is 0. The summed E-state index contributed by atoms with van der Waals surface area (Å²) in [5, 5.41) is 3.07. The summed E-state index contributed by atoms with van der Waals surface area (Å²) in [5.41, 5.74) is 2.92. The van der Waals surface area contributed by atoms with E-state index in [0.717, 1.165) is 29.5 Å². The van der Waals surface area contributed by atoms with Crippen LogP contribution in [-0.4, -0.2) is 21.5 Å². The third-order valence-electron chi connectivity index (χ3n) is 3.60. The summed E-state index contributed by atoms with van der Waals surface area (Å²) in [7, 11) is -1.59. The average molecular weight is 298 g/mol. The van der Waals surface area contributed by atoms with Gasteiger partial charge in [-0.3, -0.25) is 0 Å². The molecule has 1 aromatic rings. The van der Waals surface area contributed by atoms with Gasteiger partial charge in [-0.25, -0.2) is 13.1 Å². The first-order valence-corrected chi connectivity index (χ1v) is 8.61. The van der Waals surface area contributed by atoms with Gasteiger partial charge >= 0.3 is 0 Å². The summed E-state index contributed by atoms with van der Waals surface area (Å²) in [6.07, 6.45) is 1.59. The van der Waals surface area contributed by atoms with Gasteiger partial charge in [0, 0.05) is 12.6 Å². The van der Waals surface area contributed by atoms with E-state index in [1.807, 2.05) is 40.8 Å². The molecule has 0 atom stereocenters. The Morgan fingerprint density at radius 3 is 2.20 bits per heavy atom.